The van der Waals surface area contributed by atoms with Crippen LogP contribution in [0, 0.1) is 5.92 Å². The molecule has 1 amide bonds. The van der Waals surface area contributed by atoms with Gasteiger partial charge in [0.2, 0.25) is 0 Å². The molecule has 0 spiro atoms. The van der Waals surface area contributed by atoms with Gasteiger partial charge in [0.05, 0.1) is 0 Å². The number of ether oxygens (including phenoxy) is 1. The summed E-state index contributed by atoms with van der Waals surface area (Å²) in [5.41, 5.74) is -0.468. The van der Waals surface area contributed by atoms with E-state index < -0.39 is 5.60 Å². The molecular formula is C12H21NO3. The summed E-state index contributed by atoms with van der Waals surface area (Å²) in [7, 11) is 0. The van der Waals surface area contributed by atoms with Crippen LogP contribution in [-0.2, 0) is 9.53 Å². The van der Waals surface area contributed by atoms with Crippen LogP contribution in [0.25, 0.3) is 0 Å². The van der Waals surface area contributed by atoms with E-state index in [0.717, 1.165) is 6.42 Å². The molecule has 0 saturated carbocycles. The van der Waals surface area contributed by atoms with Crippen LogP contribution in [0.1, 0.15) is 40.5 Å². The van der Waals surface area contributed by atoms with Crippen molar-refractivity contribution in [1.82, 2.24) is 4.90 Å². The lowest BCUT2D eigenvalue weighted by molar-refractivity contribution is -0.122. The van der Waals surface area contributed by atoms with E-state index in [-0.39, 0.29) is 17.8 Å². The van der Waals surface area contributed by atoms with Gasteiger partial charge < -0.3 is 9.64 Å². The van der Waals surface area contributed by atoms with E-state index in [2.05, 4.69) is 0 Å². The molecule has 4 heteroatoms. The Balaban J connectivity index is 2.47. The van der Waals surface area contributed by atoms with Crippen LogP contribution in [0.5, 0.6) is 0 Å². The maximum absolute atomic E-state index is 11.7. The van der Waals surface area contributed by atoms with Gasteiger partial charge in [-0.1, -0.05) is 6.92 Å². The van der Waals surface area contributed by atoms with Gasteiger partial charge in [0.15, 0.2) is 0 Å². The van der Waals surface area contributed by atoms with E-state index in [1.165, 1.54) is 0 Å². The second-order valence-electron chi connectivity index (χ2n) is 5.23. The Bertz CT molecular complexity index is 280. The van der Waals surface area contributed by atoms with Crippen LogP contribution in [0.2, 0.25) is 0 Å². The average molecular weight is 227 g/mol. The summed E-state index contributed by atoms with van der Waals surface area (Å²) < 4.78 is 5.26. The van der Waals surface area contributed by atoms with Crippen molar-refractivity contribution in [2.75, 3.05) is 13.1 Å². The zero-order chi connectivity index (χ0) is 12.3. The molecule has 0 radical (unpaired) electrons. The van der Waals surface area contributed by atoms with Crippen molar-refractivity contribution < 1.29 is 14.3 Å². The van der Waals surface area contributed by atoms with Crippen molar-refractivity contribution in [3.8, 4) is 0 Å². The normalized spacial score (nSPS) is 21.0. The summed E-state index contributed by atoms with van der Waals surface area (Å²) in [5, 5.41) is 0. The molecule has 1 aliphatic rings. The van der Waals surface area contributed by atoms with Gasteiger partial charge in [-0.25, -0.2) is 4.79 Å². The Labute approximate surface area is 96.9 Å². The molecule has 1 atom stereocenters. The zero-order valence-electron chi connectivity index (χ0n) is 10.6. The van der Waals surface area contributed by atoms with Crippen LogP contribution < -0.4 is 0 Å². The molecule has 0 aromatic heterocycles. The van der Waals surface area contributed by atoms with Crippen molar-refractivity contribution in [3.63, 3.8) is 0 Å². The van der Waals surface area contributed by atoms with Crippen LogP contribution in [0.3, 0.4) is 0 Å². The number of likely N-dealkylation sites (tertiary alicyclic amines) is 1. The quantitative estimate of drug-likeness (QED) is 0.726. The number of carbonyl (C=O) groups is 2. The Kier molecular flexibility index (Phi) is 3.94. The first-order chi connectivity index (χ1) is 7.33. The van der Waals surface area contributed by atoms with Crippen molar-refractivity contribution in [1.29, 1.82) is 0 Å². The third-order valence-corrected chi connectivity index (χ3v) is 2.64. The van der Waals surface area contributed by atoms with E-state index in [1.54, 1.807) is 4.90 Å². The number of Topliss-reactive ketones (excluding diaryl/α,β-unsaturated/α-hetero) is 1. The van der Waals surface area contributed by atoms with E-state index in [4.69, 9.17) is 4.74 Å². The molecule has 1 fully saturated rings. The fourth-order valence-corrected chi connectivity index (χ4v) is 1.80. The predicted octanol–water partition coefficient (Wildman–Crippen LogP) is 2.22. The molecule has 0 bridgehead atoms. The highest BCUT2D eigenvalue weighted by atomic mass is 16.6. The molecule has 0 aromatic carbocycles. The van der Waals surface area contributed by atoms with Crippen molar-refractivity contribution >= 4 is 11.9 Å². The zero-order valence-corrected chi connectivity index (χ0v) is 10.6. The molecule has 0 aliphatic carbocycles. The molecule has 1 saturated heterocycles. The van der Waals surface area contributed by atoms with Crippen molar-refractivity contribution in [2.45, 2.75) is 46.1 Å². The molecule has 0 aromatic rings. The number of hydrogen-bond donors (Lipinski definition) is 0. The summed E-state index contributed by atoms with van der Waals surface area (Å²) in [6.07, 6.45) is 1.01. The fraction of sp³-hybridized carbons (Fsp3) is 0.833. The predicted molar refractivity (Wildman–Crippen MR) is 61.2 cm³/mol. The van der Waals surface area contributed by atoms with Gasteiger partial charge in [0.25, 0.3) is 0 Å². The molecule has 1 rings (SSSR count). The number of nitrogens with zero attached hydrogens (tertiary/aromatic N) is 1. The van der Waals surface area contributed by atoms with Crippen molar-refractivity contribution in [3.05, 3.63) is 0 Å². The molecule has 4 nitrogen and oxygen atoms in total. The average Bonchev–Trinajstić information content (AvgIpc) is 2.62. The number of hydrogen-bond acceptors (Lipinski definition) is 3. The first-order valence-corrected chi connectivity index (χ1v) is 5.84. The molecule has 1 heterocycles. The second-order valence-corrected chi connectivity index (χ2v) is 5.23. The third-order valence-electron chi connectivity index (χ3n) is 2.64. The van der Waals surface area contributed by atoms with Gasteiger partial charge in [0, 0.05) is 25.4 Å². The van der Waals surface area contributed by atoms with E-state index in [0.29, 0.717) is 19.5 Å². The van der Waals surface area contributed by atoms with Crippen LogP contribution in [0.4, 0.5) is 4.79 Å². The summed E-state index contributed by atoms with van der Waals surface area (Å²) in [5.74, 6) is 0.253. The first-order valence-electron chi connectivity index (χ1n) is 5.84. The molecule has 0 unspecified atom stereocenters. The standard InChI is InChI=1S/C12H21NO3/c1-5-10(14)9-6-7-13(8-9)11(15)16-12(2,3)4/h9H,5-8H2,1-4H3/t9-/m1/s1. The third kappa shape index (κ3) is 3.51. The fourth-order valence-electron chi connectivity index (χ4n) is 1.80. The van der Waals surface area contributed by atoms with E-state index >= 15 is 0 Å². The topological polar surface area (TPSA) is 46.6 Å². The lowest BCUT2D eigenvalue weighted by atomic mass is 10.0. The minimum absolute atomic E-state index is 0.0116. The van der Waals surface area contributed by atoms with Gasteiger partial charge in [0.1, 0.15) is 11.4 Å². The molecule has 16 heavy (non-hydrogen) atoms. The van der Waals surface area contributed by atoms with Gasteiger partial charge in [-0.15, -0.1) is 0 Å². The first kappa shape index (κ1) is 13.0. The van der Waals surface area contributed by atoms with E-state index in [1.807, 2.05) is 27.7 Å². The summed E-state index contributed by atoms with van der Waals surface area (Å²) in [6.45, 7) is 8.53. The van der Waals surface area contributed by atoms with Gasteiger partial charge in [-0.3, -0.25) is 4.79 Å². The Hall–Kier alpha value is -1.06. The van der Waals surface area contributed by atoms with Crippen LogP contribution in [-0.4, -0.2) is 35.5 Å². The monoisotopic (exact) mass is 227 g/mol. The SMILES string of the molecule is CCC(=O)[C@@H]1CCN(C(=O)OC(C)(C)C)C1. The second kappa shape index (κ2) is 4.85. The molecule has 92 valence electrons. The maximum atomic E-state index is 11.7. The lowest BCUT2D eigenvalue weighted by Gasteiger charge is -2.24. The Morgan fingerprint density at radius 2 is 2.00 bits per heavy atom. The van der Waals surface area contributed by atoms with Crippen LogP contribution in [0.15, 0.2) is 0 Å². The van der Waals surface area contributed by atoms with Gasteiger partial charge >= 0.3 is 6.09 Å². The Morgan fingerprint density at radius 1 is 1.38 bits per heavy atom. The summed E-state index contributed by atoms with van der Waals surface area (Å²) in [6, 6.07) is 0. The summed E-state index contributed by atoms with van der Waals surface area (Å²) >= 11 is 0. The van der Waals surface area contributed by atoms with E-state index in [9.17, 15) is 9.59 Å². The molecular weight excluding hydrogens is 206 g/mol. The van der Waals surface area contributed by atoms with Gasteiger partial charge in [-0.05, 0) is 27.2 Å². The highest BCUT2D eigenvalue weighted by molar-refractivity contribution is 5.82. The smallest absolute Gasteiger partial charge is 0.410 e. The molecule has 0 N–H and O–H groups in total. The number of ketones is 1. The number of carbonyl (C=O) groups excluding carboxylic acids is 2. The minimum Gasteiger partial charge on any atom is -0.444 e. The highest BCUT2D eigenvalue weighted by Crippen LogP contribution is 2.20. The lowest BCUT2D eigenvalue weighted by Crippen LogP contribution is -2.35. The highest BCUT2D eigenvalue weighted by Gasteiger charge is 2.32. The largest absolute Gasteiger partial charge is 0.444 e. The van der Waals surface area contributed by atoms with Crippen LogP contribution >= 0.6 is 0 Å². The maximum Gasteiger partial charge on any atom is 0.410 e. The summed E-state index contributed by atoms with van der Waals surface area (Å²) in [4.78, 5) is 24.8. The number of amides is 1. The van der Waals surface area contributed by atoms with Crippen molar-refractivity contribution in [2.24, 2.45) is 5.92 Å². The van der Waals surface area contributed by atoms with Gasteiger partial charge in [-0.2, -0.15) is 0 Å². The Morgan fingerprint density at radius 3 is 2.50 bits per heavy atom. The number of rotatable bonds is 2. The molecule has 1 aliphatic heterocycles. The minimum atomic E-state index is -0.468.